The van der Waals surface area contributed by atoms with Gasteiger partial charge in [0.2, 0.25) is 10.0 Å². The molecule has 0 unspecified atom stereocenters. The van der Waals surface area contributed by atoms with Crippen LogP contribution < -0.4 is 4.72 Å². The number of hydrogen-bond donors (Lipinski definition) is 1. The standard InChI is InChI=1S/C8H19NO4S/c1-3-5-12-7-8-13-6-4-9-14(2,10)11/h9H,3-8H2,1-2H3. The summed E-state index contributed by atoms with van der Waals surface area (Å²) in [7, 11) is -3.09. The van der Waals surface area contributed by atoms with Crippen molar-refractivity contribution in [1.29, 1.82) is 0 Å². The fraction of sp³-hybridized carbons (Fsp3) is 1.00. The molecule has 0 rings (SSSR count). The lowest BCUT2D eigenvalue weighted by Crippen LogP contribution is -2.26. The van der Waals surface area contributed by atoms with Crippen LogP contribution in [-0.2, 0) is 19.5 Å². The number of hydrogen-bond acceptors (Lipinski definition) is 4. The molecule has 0 amide bonds. The second-order valence-corrected chi connectivity index (χ2v) is 4.72. The fourth-order valence-corrected chi connectivity index (χ4v) is 1.22. The van der Waals surface area contributed by atoms with Gasteiger partial charge in [-0.3, -0.25) is 0 Å². The molecule has 5 nitrogen and oxygen atoms in total. The number of sulfonamides is 1. The highest BCUT2D eigenvalue weighted by Gasteiger charge is 1.98. The predicted molar refractivity (Wildman–Crippen MR) is 54.8 cm³/mol. The molecular formula is C8H19NO4S. The Hall–Kier alpha value is -0.170. The minimum absolute atomic E-state index is 0.312. The van der Waals surface area contributed by atoms with Gasteiger partial charge in [-0.05, 0) is 6.42 Å². The van der Waals surface area contributed by atoms with Crippen molar-refractivity contribution in [3.63, 3.8) is 0 Å². The SMILES string of the molecule is CCCOCCOCCNS(C)(=O)=O. The summed E-state index contributed by atoms with van der Waals surface area (Å²) in [6, 6.07) is 0. The Morgan fingerprint density at radius 3 is 2.14 bits per heavy atom. The largest absolute Gasteiger partial charge is 0.379 e. The van der Waals surface area contributed by atoms with Crippen LogP contribution in [0.2, 0.25) is 0 Å². The maximum atomic E-state index is 10.6. The van der Waals surface area contributed by atoms with E-state index >= 15 is 0 Å². The van der Waals surface area contributed by atoms with Gasteiger partial charge in [0, 0.05) is 13.2 Å². The van der Waals surface area contributed by atoms with Crippen molar-refractivity contribution >= 4 is 10.0 Å². The average Bonchev–Trinajstić information content (AvgIpc) is 2.08. The summed E-state index contributed by atoms with van der Waals surface area (Å²) in [4.78, 5) is 0. The van der Waals surface area contributed by atoms with Crippen LogP contribution in [0.3, 0.4) is 0 Å². The molecule has 0 aliphatic carbocycles. The predicted octanol–water partition coefficient (Wildman–Crippen LogP) is -0.0212. The second-order valence-electron chi connectivity index (χ2n) is 2.89. The summed E-state index contributed by atoms with van der Waals surface area (Å²) in [5.74, 6) is 0. The van der Waals surface area contributed by atoms with E-state index in [2.05, 4.69) is 4.72 Å². The summed E-state index contributed by atoms with van der Waals surface area (Å²) in [5, 5.41) is 0. The van der Waals surface area contributed by atoms with Gasteiger partial charge in [-0.15, -0.1) is 0 Å². The Morgan fingerprint density at radius 1 is 1.07 bits per heavy atom. The lowest BCUT2D eigenvalue weighted by molar-refractivity contribution is 0.0502. The molecule has 0 aliphatic heterocycles. The molecular weight excluding hydrogens is 206 g/mol. The zero-order chi connectivity index (χ0) is 10.9. The minimum atomic E-state index is -3.09. The van der Waals surface area contributed by atoms with Crippen LogP contribution in [0.15, 0.2) is 0 Å². The average molecular weight is 225 g/mol. The van der Waals surface area contributed by atoms with Gasteiger partial charge >= 0.3 is 0 Å². The Bertz CT molecular complexity index is 215. The summed E-state index contributed by atoms with van der Waals surface area (Å²) in [6.07, 6.45) is 2.12. The molecule has 0 aromatic carbocycles. The van der Waals surface area contributed by atoms with Crippen LogP contribution in [0.25, 0.3) is 0 Å². The smallest absolute Gasteiger partial charge is 0.208 e. The zero-order valence-electron chi connectivity index (χ0n) is 8.78. The fourth-order valence-electron chi connectivity index (χ4n) is 0.766. The van der Waals surface area contributed by atoms with Crippen LogP contribution in [0, 0.1) is 0 Å². The minimum Gasteiger partial charge on any atom is -0.379 e. The van der Waals surface area contributed by atoms with E-state index in [0.29, 0.717) is 26.4 Å². The molecule has 0 aliphatic rings. The van der Waals surface area contributed by atoms with Crippen molar-refractivity contribution in [2.45, 2.75) is 13.3 Å². The van der Waals surface area contributed by atoms with E-state index in [0.717, 1.165) is 19.3 Å². The van der Waals surface area contributed by atoms with Crippen LogP contribution in [0.5, 0.6) is 0 Å². The highest BCUT2D eigenvalue weighted by Crippen LogP contribution is 1.82. The van der Waals surface area contributed by atoms with Crippen LogP contribution in [0.1, 0.15) is 13.3 Å². The van der Waals surface area contributed by atoms with E-state index in [1.165, 1.54) is 0 Å². The quantitative estimate of drug-likeness (QED) is 0.560. The lowest BCUT2D eigenvalue weighted by Gasteiger charge is -2.05. The first-order valence-electron chi connectivity index (χ1n) is 4.66. The van der Waals surface area contributed by atoms with Crippen LogP contribution in [0.4, 0.5) is 0 Å². The maximum Gasteiger partial charge on any atom is 0.208 e. The van der Waals surface area contributed by atoms with Crippen molar-refractivity contribution in [1.82, 2.24) is 4.72 Å². The number of nitrogens with one attached hydrogen (secondary N) is 1. The van der Waals surface area contributed by atoms with Gasteiger partial charge in [0.25, 0.3) is 0 Å². The van der Waals surface area contributed by atoms with E-state index in [1.807, 2.05) is 6.92 Å². The molecule has 1 N–H and O–H groups in total. The Morgan fingerprint density at radius 2 is 1.64 bits per heavy atom. The van der Waals surface area contributed by atoms with Crippen molar-refractivity contribution in [3.05, 3.63) is 0 Å². The topological polar surface area (TPSA) is 64.6 Å². The molecule has 0 radical (unpaired) electrons. The molecule has 0 aromatic rings. The highest BCUT2D eigenvalue weighted by atomic mass is 32.2. The molecule has 0 saturated heterocycles. The Kier molecular flexibility index (Phi) is 8.07. The van der Waals surface area contributed by atoms with Crippen molar-refractivity contribution in [2.75, 3.05) is 39.2 Å². The van der Waals surface area contributed by atoms with Crippen molar-refractivity contribution in [3.8, 4) is 0 Å². The first-order valence-corrected chi connectivity index (χ1v) is 6.55. The molecule has 14 heavy (non-hydrogen) atoms. The molecule has 86 valence electrons. The van der Waals surface area contributed by atoms with Crippen LogP contribution >= 0.6 is 0 Å². The van der Waals surface area contributed by atoms with Crippen molar-refractivity contribution in [2.24, 2.45) is 0 Å². The number of ether oxygens (including phenoxy) is 2. The van der Waals surface area contributed by atoms with E-state index in [4.69, 9.17) is 9.47 Å². The van der Waals surface area contributed by atoms with Crippen LogP contribution in [-0.4, -0.2) is 47.6 Å². The van der Waals surface area contributed by atoms with E-state index in [-0.39, 0.29) is 0 Å². The molecule has 0 bridgehead atoms. The van der Waals surface area contributed by atoms with Gasteiger partial charge in [0.05, 0.1) is 26.1 Å². The normalized spacial score (nSPS) is 11.9. The third-order valence-electron chi connectivity index (χ3n) is 1.33. The van der Waals surface area contributed by atoms with Gasteiger partial charge in [-0.1, -0.05) is 6.92 Å². The third kappa shape index (κ3) is 11.8. The lowest BCUT2D eigenvalue weighted by atomic mass is 10.5. The first-order chi connectivity index (χ1) is 6.56. The first kappa shape index (κ1) is 13.8. The monoisotopic (exact) mass is 225 g/mol. The molecule has 0 aromatic heterocycles. The van der Waals surface area contributed by atoms with Gasteiger partial charge in [-0.25, -0.2) is 13.1 Å². The molecule has 0 atom stereocenters. The van der Waals surface area contributed by atoms with E-state index in [9.17, 15) is 8.42 Å². The summed E-state index contributed by atoms with van der Waals surface area (Å²) in [5.41, 5.74) is 0. The Balaban J connectivity index is 3.07. The highest BCUT2D eigenvalue weighted by molar-refractivity contribution is 7.88. The summed E-state index contributed by atoms with van der Waals surface area (Å²) < 4.78 is 33.8. The van der Waals surface area contributed by atoms with Gasteiger partial charge in [0.1, 0.15) is 0 Å². The van der Waals surface area contributed by atoms with Gasteiger partial charge in [0.15, 0.2) is 0 Å². The molecule has 0 heterocycles. The molecule has 6 heteroatoms. The molecule has 0 saturated carbocycles. The van der Waals surface area contributed by atoms with E-state index < -0.39 is 10.0 Å². The molecule has 0 fully saturated rings. The Labute approximate surface area is 85.8 Å². The number of rotatable bonds is 9. The summed E-state index contributed by atoms with van der Waals surface area (Å²) in [6.45, 7) is 4.54. The van der Waals surface area contributed by atoms with Gasteiger partial charge in [-0.2, -0.15) is 0 Å². The van der Waals surface area contributed by atoms with Gasteiger partial charge < -0.3 is 9.47 Å². The third-order valence-corrected chi connectivity index (χ3v) is 2.06. The van der Waals surface area contributed by atoms with Crippen molar-refractivity contribution < 1.29 is 17.9 Å². The van der Waals surface area contributed by atoms with E-state index in [1.54, 1.807) is 0 Å². The molecule has 0 spiro atoms. The second kappa shape index (κ2) is 8.16. The maximum absolute atomic E-state index is 10.6. The zero-order valence-corrected chi connectivity index (χ0v) is 9.60. The summed E-state index contributed by atoms with van der Waals surface area (Å²) >= 11 is 0.